The zero-order valence-electron chi connectivity index (χ0n) is 15.9. The van der Waals surface area contributed by atoms with Crippen LogP contribution < -0.4 is 5.32 Å². The summed E-state index contributed by atoms with van der Waals surface area (Å²) >= 11 is 12.6. The first-order valence-corrected chi connectivity index (χ1v) is 9.49. The Morgan fingerprint density at radius 2 is 1.79 bits per heavy atom. The first-order chi connectivity index (χ1) is 13.9. The first-order valence-electron chi connectivity index (χ1n) is 8.73. The first kappa shape index (κ1) is 20.6. The van der Waals surface area contributed by atoms with Gasteiger partial charge in [-0.3, -0.25) is 0 Å². The largest absolute Gasteiger partial charge is 0.369 e. The van der Waals surface area contributed by atoms with Gasteiger partial charge in [-0.15, -0.1) is 0 Å². The van der Waals surface area contributed by atoms with Gasteiger partial charge < -0.3 is 10.2 Å². The van der Waals surface area contributed by atoms with E-state index in [0.29, 0.717) is 33.8 Å². The van der Waals surface area contributed by atoms with Crippen molar-refractivity contribution in [2.24, 2.45) is 4.99 Å². The summed E-state index contributed by atoms with van der Waals surface area (Å²) in [5, 5.41) is 13.3. The maximum atomic E-state index is 8.94. The second-order valence-electron chi connectivity index (χ2n) is 6.44. The van der Waals surface area contributed by atoms with E-state index in [-0.39, 0.29) is 0 Å². The summed E-state index contributed by atoms with van der Waals surface area (Å²) in [5.41, 5.74) is 2.85. The minimum absolute atomic E-state index is 0.390. The number of aliphatic imine (C=N–C) groups is 1. The van der Waals surface area contributed by atoms with Crippen molar-refractivity contribution >= 4 is 47.0 Å². The van der Waals surface area contributed by atoms with Gasteiger partial charge in [-0.05, 0) is 42.0 Å². The van der Waals surface area contributed by atoms with Gasteiger partial charge in [-0.2, -0.15) is 10.2 Å². The average Bonchev–Trinajstić information content (AvgIpc) is 2.70. The topological polar surface area (TPSA) is 77.2 Å². The lowest BCUT2D eigenvalue weighted by Crippen LogP contribution is -2.07. The van der Waals surface area contributed by atoms with Gasteiger partial charge in [0.25, 0.3) is 0 Å². The quantitative estimate of drug-likeness (QED) is 0.433. The molecule has 3 rings (SSSR count). The molecule has 3 aromatic rings. The molecule has 6 nitrogen and oxygen atoms in total. The fourth-order valence-corrected chi connectivity index (χ4v) is 3.04. The van der Waals surface area contributed by atoms with Crippen LogP contribution in [0.15, 0.2) is 53.5 Å². The Morgan fingerprint density at radius 3 is 2.41 bits per heavy atom. The van der Waals surface area contributed by atoms with Crippen molar-refractivity contribution in [2.75, 3.05) is 19.4 Å². The van der Waals surface area contributed by atoms with Gasteiger partial charge in [0.1, 0.15) is 0 Å². The van der Waals surface area contributed by atoms with Crippen LogP contribution in [0.4, 0.5) is 17.5 Å². The summed E-state index contributed by atoms with van der Waals surface area (Å²) in [6.45, 7) is 0. The Morgan fingerprint density at radius 1 is 1.10 bits per heavy atom. The summed E-state index contributed by atoms with van der Waals surface area (Å²) in [6, 6.07) is 16.3. The molecule has 0 spiro atoms. The molecule has 0 aliphatic carbocycles. The Hall–Kier alpha value is -3.14. The Balaban J connectivity index is 1.95. The molecule has 0 aliphatic heterocycles. The van der Waals surface area contributed by atoms with Gasteiger partial charge in [0.15, 0.2) is 5.82 Å². The number of hydrogen-bond acceptors (Lipinski definition) is 5. The Kier molecular flexibility index (Phi) is 6.65. The van der Waals surface area contributed by atoms with E-state index in [1.807, 2.05) is 19.0 Å². The third kappa shape index (κ3) is 5.67. The third-order valence-electron chi connectivity index (χ3n) is 3.88. The lowest BCUT2D eigenvalue weighted by Gasteiger charge is -2.11. The average molecular weight is 425 g/mol. The van der Waals surface area contributed by atoms with E-state index in [9.17, 15) is 0 Å². The van der Waals surface area contributed by atoms with E-state index in [0.717, 1.165) is 16.9 Å². The lowest BCUT2D eigenvalue weighted by molar-refractivity contribution is 0.643. The summed E-state index contributed by atoms with van der Waals surface area (Å²) in [5.74, 6) is 0.893. The van der Waals surface area contributed by atoms with Crippen LogP contribution in [0, 0.1) is 11.3 Å². The molecule has 0 saturated heterocycles. The number of anilines is 2. The highest BCUT2D eigenvalue weighted by molar-refractivity contribution is 6.36. The number of nitrogens with zero attached hydrogens (tertiary/aromatic N) is 5. The molecule has 1 N–H and O–H groups in total. The molecular formula is C21H18Cl2N6. The molecule has 0 saturated carbocycles. The fraction of sp³-hybridized carbons (Fsp3) is 0.143. The molecule has 0 fully saturated rings. The van der Waals surface area contributed by atoms with Gasteiger partial charge in [0.05, 0.1) is 23.7 Å². The molecule has 29 heavy (non-hydrogen) atoms. The highest BCUT2D eigenvalue weighted by Gasteiger charge is 2.11. The molecule has 146 valence electrons. The number of benzene rings is 2. The maximum Gasteiger partial charge on any atom is 0.229 e. The van der Waals surface area contributed by atoms with Gasteiger partial charge in [-0.1, -0.05) is 29.3 Å². The van der Waals surface area contributed by atoms with Crippen LogP contribution in [0.3, 0.4) is 0 Å². The van der Waals surface area contributed by atoms with Crippen molar-refractivity contribution in [3.63, 3.8) is 0 Å². The minimum Gasteiger partial charge on any atom is -0.369 e. The zero-order valence-corrected chi connectivity index (χ0v) is 17.4. The second kappa shape index (κ2) is 9.37. The van der Waals surface area contributed by atoms with Crippen LogP contribution >= 0.6 is 23.2 Å². The predicted molar refractivity (Wildman–Crippen MR) is 118 cm³/mol. The van der Waals surface area contributed by atoms with Crippen LogP contribution in [0.1, 0.15) is 16.8 Å². The van der Waals surface area contributed by atoms with E-state index in [4.69, 9.17) is 28.5 Å². The molecule has 0 radical (unpaired) electrons. The summed E-state index contributed by atoms with van der Waals surface area (Å²) in [6.07, 6.45) is 2.10. The van der Waals surface area contributed by atoms with E-state index < -0.39 is 0 Å². The summed E-state index contributed by atoms with van der Waals surface area (Å²) in [7, 11) is 3.76. The van der Waals surface area contributed by atoms with Crippen LogP contribution in [0.2, 0.25) is 10.0 Å². The predicted octanol–water partition coefficient (Wildman–Crippen LogP) is 5.21. The molecule has 0 atom stereocenters. The van der Waals surface area contributed by atoms with E-state index in [1.165, 1.54) is 0 Å². The molecule has 8 heteroatoms. The molecule has 0 amide bonds. The number of aromatic nitrogens is 2. The van der Waals surface area contributed by atoms with Gasteiger partial charge in [0.2, 0.25) is 5.95 Å². The normalized spacial score (nSPS) is 10.7. The third-order valence-corrected chi connectivity index (χ3v) is 4.58. The van der Waals surface area contributed by atoms with Gasteiger partial charge in [-0.25, -0.2) is 9.98 Å². The maximum absolute atomic E-state index is 8.94. The molecular weight excluding hydrogens is 407 g/mol. The van der Waals surface area contributed by atoms with E-state index in [1.54, 1.807) is 54.9 Å². The molecule has 1 heterocycles. The van der Waals surface area contributed by atoms with Crippen molar-refractivity contribution in [3.05, 3.63) is 75.4 Å². The number of hydrogen-bond donors (Lipinski definition) is 1. The van der Waals surface area contributed by atoms with Crippen LogP contribution in [-0.2, 0) is 6.42 Å². The highest BCUT2D eigenvalue weighted by Crippen LogP contribution is 2.28. The Labute approximate surface area is 179 Å². The SMILES string of the molecule is CN(C)C=Nc1cc(Cc2c(Cl)cccc2Cl)nc(Nc2ccc(C#N)cc2)n1. The van der Waals surface area contributed by atoms with Crippen molar-refractivity contribution in [1.29, 1.82) is 5.26 Å². The van der Waals surface area contributed by atoms with Crippen molar-refractivity contribution < 1.29 is 0 Å². The van der Waals surface area contributed by atoms with Gasteiger partial charge in [0, 0.05) is 42.3 Å². The van der Waals surface area contributed by atoms with Crippen LogP contribution in [-0.4, -0.2) is 35.3 Å². The van der Waals surface area contributed by atoms with Crippen LogP contribution in [0.25, 0.3) is 0 Å². The summed E-state index contributed by atoms with van der Waals surface area (Å²) < 4.78 is 0. The van der Waals surface area contributed by atoms with Crippen LogP contribution in [0.5, 0.6) is 0 Å². The summed E-state index contributed by atoms with van der Waals surface area (Å²) in [4.78, 5) is 15.2. The minimum atomic E-state index is 0.390. The monoisotopic (exact) mass is 424 g/mol. The number of halogens is 2. The number of rotatable bonds is 6. The van der Waals surface area contributed by atoms with E-state index in [2.05, 4.69) is 26.3 Å². The molecule has 0 unspecified atom stereocenters. The lowest BCUT2D eigenvalue weighted by atomic mass is 10.1. The molecule has 0 aliphatic rings. The van der Waals surface area contributed by atoms with Crippen molar-refractivity contribution in [2.45, 2.75) is 6.42 Å². The number of nitriles is 1. The van der Waals surface area contributed by atoms with E-state index >= 15 is 0 Å². The Bertz CT molecular complexity index is 1050. The molecule has 0 bridgehead atoms. The molecule has 2 aromatic carbocycles. The zero-order chi connectivity index (χ0) is 20.8. The second-order valence-corrected chi connectivity index (χ2v) is 7.25. The smallest absolute Gasteiger partial charge is 0.229 e. The van der Waals surface area contributed by atoms with Gasteiger partial charge >= 0.3 is 0 Å². The van der Waals surface area contributed by atoms with Crippen molar-refractivity contribution in [1.82, 2.24) is 14.9 Å². The standard InChI is InChI=1S/C21H18Cl2N6/c1-29(2)13-25-20-11-16(10-17-18(22)4-3-5-19(17)23)27-21(28-20)26-15-8-6-14(12-24)7-9-15/h3-9,11,13H,10H2,1-2H3,(H,26,27,28). The molecule has 1 aromatic heterocycles. The number of nitrogens with one attached hydrogen (secondary N) is 1. The van der Waals surface area contributed by atoms with Crippen molar-refractivity contribution in [3.8, 4) is 6.07 Å². The fourth-order valence-electron chi connectivity index (χ4n) is 2.51. The highest BCUT2D eigenvalue weighted by atomic mass is 35.5.